The van der Waals surface area contributed by atoms with E-state index in [0.717, 1.165) is 23.2 Å². The Morgan fingerprint density at radius 2 is 1.93 bits per heavy atom. The summed E-state index contributed by atoms with van der Waals surface area (Å²) in [5.41, 5.74) is 1.30. The Balaban J connectivity index is 1.95. The van der Waals surface area contributed by atoms with Gasteiger partial charge < -0.3 is 4.42 Å². The van der Waals surface area contributed by atoms with E-state index in [9.17, 15) is 0 Å². The highest BCUT2D eigenvalue weighted by Gasteiger charge is 1.98. The van der Waals surface area contributed by atoms with Gasteiger partial charge in [-0.15, -0.1) is 0 Å². The maximum absolute atomic E-state index is 5.16. The first kappa shape index (κ1) is 9.46. The first-order valence-electron chi connectivity index (χ1n) is 4.47. The van der Waals surface area contributed by atoms with E-state index < -0.39 is 0 Å². The van der Waals surface area contributed by atoms with Crippen molar-refractivity contribution in [3.63, 3.8) is 0 Å². The number of hydrogen-bond donors (Lipinski definition) is 0. The van der Waals surface area contributed by atoms with Crippen LogP contribution in [0.4, 0.5) is 0 Å². The summed E-state index contributed by atoms with van der Waals surface area (Å²) in [5.74, 6) is 0.799. The van der Waals surface area contributed by atoms with Gasteiger partial charge in [0.25, 0.3) is 0 Å². The van der Waals surface area contributed by atoms with E-state index >= 15 is 0 Å². The standard InChI is InChI=1S/C11H10BrNO/c12-10-4-1-9(2-5-10)3-6-11-13-7-8-14-11/h1-2,4-5,7-8H,3,6H2. The van der Waals surface area contributed by atoms with Gasteiger partial charge in [-0.25, -0.2) is 4.98 Å². The summed E-state index contributed by atoms with van der Waals surface area (Å²) >= 11 is 3.40. The Kier molecular flexibility index (Phi) is 2.99. The largest absolute Gasteiger partial charge is 0.449 e. The highest BCUT2D eigenvalue weighted by molar-refractivity contribution is 9.10. The molecule has 1 aromatic carbocycles. The monoisotopic (exact) mass is 251 g/mol. The summed E-state index contributed by atoms with van der Waals surface area (Å²) < 4.78 is 6.27. The highest BCUT2D eigenvalue weighted by Crippen LogP contribution is 2.12. The molecular formula is C11H10BrNO. The first-order valence-corrected chi connectivity index (χ1v) is 5.27. The summed E-state index contributed by atoms with van der Waals surface area (Å²) in [5, 5.41) is 0. The third-order valence-corrected chi connectivity index (χ3v) is 2.55. The van der Waals surface area contributed by atoms with Gasteiger partial charge in [-0.2, -0.15) is 0 Å². The van der Waals surface area contributed by atoms with E-state index in [2.05, 4.69) is 33.0 Å². The maximum atomic E-state index is 5.16. The number of aryl methyl sites for hydroxylation is 2. The quantitative estimate of drug-likeness (QED) is 0.838. The second-order valence-electron chi connectivity index (χ2n) is 3.05. The number of hydrogen-bond acceptors (Lipinski definition) is 2. The predicted molar refractivity (Wildman–Crippen MR) is 58.1 cm³/mol. The molecule has 2 nitrogen and oxygen atoms in total. The Morgan fingerprint density at radius 1 is 1.14 bits per heavy atom. The zero-order chi connectivity index (χ0) is 9.80. The minimum Gasteiger partial charge on any atom is -0.449 e. The molecule has 0 N–H and O–H groups in total. The molecular weight excluding hydrogens is 242 g/mol. The average molecular weight is 252 g/mol. The van der Waals surface area contributed by atoms with E-state index in [1.54, 1.807) is 12.5 Å². The SMILES string of the molecule is Brc1ccc(CCc2ncco2)cc1. The van der Waals surface area contributed by atoms with Gasteiger partial charge in [0.2, 0.25) is 0 Å². The summed E-state index contributed by atoms with van der Waals surface area (Å²) in [6, 6.07) is 8.30. The van der Waals surface area contributed by atoms with Gasteiger partial charge in [-0.1, -0.05) is 28.1 Å². The van der Waals surface area contributed by atoms with Gasteiger partial charge in [-0.05, 0) is 24.1 Å². The lowest BCUT2D eigenvalue weighted by Gasteiger charge is -1.98. The van der Waals surface area contributed by atoms with Crippen LogP contribution in [-0.4, -0.2) is 4.98 Å². The molecule has 0 spiro atoms. The number of oxazole rings is 1. The number of nitrogens with zero attached hydrogens (tertiary/aromatic N) is 1. The molecule has 0 unspecified atom stereocenters. The van der Waals surface area contributed by atoms with Crippen LogP contribution in [0, 0.1) is 0 Å². The first-order chi connectivity index (χ1) is 6.84. The third-order valence-electron chi connectivity index (χ3n) is 2.02. The molecule has 0 saturated heterocycles. The average Bonchev–Trinajstić information content (AvgIpc) is 2.70. The molecule has 0 radical (unpaired) electrons. The van der Waals surface area contributed by atoms with Crippen molar-refractivity contribution in [2.75, 3.05) is 0 Å². The van der Waals surface area contributed by atoms with Crippen molar-refractivity contribution in [2.24, 2.45) is 0 Å². The Hall–Kier alpha value is -1.09. The van der Waals surface area contributed by atoms with Crippen LogP contribution in [0.3, 0.4) is 0 Å². The third kappa shape index (κ3) is 2.45. The van der Waals surface area contributed by atoms with Crippen LogP contribution in [0.2, 0.25) is 0 Å². The molecule has 0 aliphatic rings. The van der Waals surface area contributed by atoms with Crippen LogP contribution in [-0.2, 0) is 12.8 Å². The molecule has 0 fully saturated rings. The zero-order valence-electron chi connectivity index (χ0n) is 7.61. The molecule has 14 heavy (non-hydrogen) atoms. The molecule has 0 aliphatic carbocycles. The van der Waals surface area contributed by atoms with Crippen molar-refractivity contribution in [3.8, 4) is 0 Å². The topological polar surface area (TPSA) is 26.0 Å². The van der Waals surface area contributed by atoms with Gasteiger partial charge >= 0.3 is 0 Å². The molecule has 0 amide bonds. The van der Waals surface area contributed by atoms with Gasteiger partial charge in [0.1, 0.15) is 6.26 Å². The molecule has 0 atom stereocenters. The lowest BCUT2D eigenvalue weighted by Crippen LogP contribution is -1.90. The molecule has 72 valence electrons. The van der Waals surface area contributed by atoms with Crippen molar-refractivity contribution in [1.29, 1.82) is 0 Å². The number of rotatable bonds is 3. The van der Waals surface area contributed by atoms with Crippen LogP contribution in [0.15, 0.2) is 45.6 Å². The molecule has 0 aliphatic heterocycles. The molecule has 3 heteroatoms. The fraction of sp³-hybridized carbons (Fsp3) is 0.182. The molecule has 1 heterocycles. The molecule has 2 rings (SSSR count). The van der Waals surface area contributed by atoms with Crippen molar-refractivity contribution >= 4 is 15.9 Å². The van der Waals surface area contributed by atoms with Crippen LogP contribution in [0.25, 0.3) is 0 Å². The van der Waals surface area contributed by atoms with Gasteiger partial charge in [-0.3, -0.25) is 0 Å². The van der Waals surface area contributed by atoms with E-state index in [1.165, 1.54) is 5.56 Å². The van der Waals surface area contributed by atoms with Crippen LogP contribution in [0.1, 0.15) is 11.5 Å². The highest BCUT2D eigenvalue weighted by atomic mass is 79.9. The normalized spacial score (nSPS) is 10.4. The summed E-state index contributed by atoms with van der Waals surface area (Å²) in [4.78, 5) is 4.07. The van der Waals surface area contributed by atoms with Crippen molar-refractivity contribution in [2.45, 2.75) is 12.8 Å². The summed E-state index contributed by atoms with van der Waals surface area (Å²) in [6.45, 7) is 0. The van der Waals surface area contributed by atoms with E-state index in [0.29, 0.717) is 0 Å². The van der Waals surface area contributed by atoms with E-state index in [4.69, 9.17) is 4.42 Å². The van der Waals surface area contributed by atoms with Crippen molar-refractivity contribution < 1.29 is 4.42 Å². The zero-order valence-corrected chi connectivity index (χ0v) is 9.20. The predicted octanol–water partition coefficient (Wildman–Crippen LogP) is 3.22. The van der Waals surface area contributed by atoms with Crippen molar-refractivity contribution in [1.82, 2.24) is 4.98 Å². The second-order valence-corrected chi connectivity index (χ2v) is 3.97. The van der Waals surface area contributed by atoms with Crippen LogP contribution < -0.4 is 0 Å². The lowest BCUT2D eigenvalue weighted by molar-refractivity contribution is 0.494. The van der Waals surface area contributed by atoms with Crippen molar-refractivity contribution in [3.05, 3.63) is 52.7 Å². The summed E-state index contributed by atoms with van der Waals surface area (Å²) in [7, 11) is 0. The number of aromatic nitrogens is 1. The maximum Gasteiger partial charge on any atom is 0.194 e. The Bertz CT molecular complexity index is 380. The number of halogens is 1. The van der Waals surface area contributed by atoms with E-state index in [-0.39, 0.29) is 0 Å². The molecule has 1 aromatic heterocycles. The minimum atomic E-state index is 0.799. The smallest absolute Gasteiger partial charge is 0.194 e. The summed E-state index contributed by atoms with van der Waals surface area (Å²) in [6.07, 6.45) is 5.11. The van der Waals surface area contributed by atoms with E-state index in [1.807, 2.05) is 12.1 Å². The van der Waals surface area contributed by atoms with Crippen LogP contribution >= 0.6 is 15.9 Å². The molecule has 0 bridgehead atoms. The van der Waals surface area contributed by atoms with Gasteiger partial charge in [0.05, 0.1) is 6.20 Å². The number of benzene rings is 1. The fourth-order valence-corrected chi connectivity index (χ4v) is 1.54. The fourth-order valence-electron chi connectivity index (χ4n) is 1.28. The second kappa shape index (κ2) is 4.42. The van der Waals surface area contributed by atoms with Gasteiger partial charge in [0.15, 0.2) is 5.89 Å². The molecule has 0 saturated carbocycles. The molecule has 2 aromatic rings. The Labute approximate surface area is 91.1 Å². The van der Waals surface area contributed by atoms with Gasteiger partial charge in [0, 0.05) is 10.9 Å². The van der Waals surface area contributed by atoms with Crippen LogP contribution in [0.5, 0.6) is 0 Å². The Morgan fingerprint density at radius 3 is 2.57 bits per heavy atom. The lowest BCUT2D eigenvalue weighted by atomic mass is 10.1. The minimum absolute atomic E-state index is 0.799.